The van der Waals surface area contributed by atoms with Crippen molar-refractivity contribution in [2.24, 2.45) is 0 Å². The summed E-state index contributed by atoms with van der Waals surface area (Å²) in [5.74, 6) is -0.598. The van der Waals surface area contributed by atoms with E-state index < -0.39 is 34.8 Å². The Hall–Kier alpha value is -1.44. The van der Waals surface area contributed by atoms with E-state index in [-0.39, 0.29) is 11.4 Å². The Morgan fingerprint density at radius 2 is 1.85 bits per heavy atom. The number of hydrogen-bond acceptors (Lipinski definition) is 3. The van der Waals surface area contributed by atoms with Gasteiger partial charge in [-0.3, -0.25) is 4.72 Å². The first-order chi connectivity index (χ1) is 9.02. The summed E-state index contributed by atoms with van der Waals surface area (Å²) in [7, 11) is -3.85. The van der Waals surface area contributed by atoms with Gasteiger partial charge in [-0.2, -0.15) is 13.2 Å². The molecule has 0 aliphatic rings. The number of aryl methyl sites for hydroxylation is 1. The van der Waals surface area contributed by atoms with Crippen LogP contribution in [0.4, 0.5) is 24.5 Å². The minimum absolute atomic E-state index is 0.233. The van der Waals surface area contributed by atoms with Crippen molar-refractivity contribution in [1.82, 2.24) is 0 Å². The van der Waals surface area contributed by atoms with E-state index >= 15 is 0 Å². The molecular weight excluding hydrogens is 293 g/mol. The van der Waals surface area contributed by atoms with Crippen LogP contribution in [0.1, 0.15) is 24.0 Å². The van der Waals surface area contributed by atoms with Gasteiger partial charge in [0, 0.05) is 6.42 Å². The third-order valence-corrected chi connectivity index (χ3v) is 4.24. The molecule has 114 valence electrons. The molecule has 4 nitrogen and oxygen atoms in total. The van der Waals surface area contributed by atoms with Crippen LogP contribution >= 0.6 is 0 Å². The van der Waals surface area contributed by atoms with E-state index in [0.29, 0.717) is 5.56 Å². The van der Waals surface area contributed by atoms with Crippen molar-refractivity contribution in [2.75, 3.05) is 16.2 Å². The lowest BCUT2D eigenvalue weighted by Crippen LogP contribution is -2.20. The summed E-state index contributed by atoms with van der Waals surface area (Å²) in [6, 6.07) is 3.29. The molecule has 8 heteroatoms. The Labute approximate surface area is 116 Å². The molecule has 1 aromatic rings. The molecule has 0 heterocycles. The molecule has 0 radical (unpaired) electrons. The van der Waals surface area contributed by atoms with Crippen LogP contribution in [0.15, 0.2) is 12.1 Å². The summed E-state index contributed by atoms with van der Waals surface area (Å²) in [5.41, 5.74) is 7.66. The van der Waals surface area contributed by atoms with Gasteiger partial charge in [0.1, 0.15) is 0 Å². The highest BCUT2D eigenvalue weighted by Crippen LogP contribution is 2.27. The third-order valence-electron chi connectivity index (χ3n) is 2.90. The zero-order valence-electron chi connectivity index (χ0n) is 11.2. The van der Waals surface area contributed by atoms with E-state index in [9.17, 15) is 21.6 Å². The Bertz CT molecular complexity index is 583. The summed E-state index contributed by atoms with van der Waals surface area (Å²) in [5, 5.41) is 0. The zero-order valence-corrected chi connectivity index (χ0v) is 12.0. The zero-order chi connectivity index (χ0) is 15.6. The largest absolute Gasteiger partial charge is 0.397 e. The Kier molecular flexibility index (Phi) is 4.90. The lowest BCUT2D eigenvalue weighted by Gasteiger charge is -2.15. The first kappa shape index (κ1) is 16.6. The van der Waals surface area contributed by atoms with Crippen molar-refractivity contribution in [3.8, 4) is 0 Å². The maximum Gasteiger partial charge on any atom is 0.389 e. The molecular formula is C12H17F3N2O2S. The topological polar surface area (TPSA) is 72.2 Å². The predicted octanol–water partition coefficient (Wildman–Crippen LogP) is 2.97. The van der Waals surface area contributed by atoms with Gasteiger partial charge in [0.2, 0.25) is 10.0 Å². The normalized spacial score (nSPS) is 12.4. The lowest BCUT2D eigenvalue weighted by atomic mass is 10.1. The van der Waals surface area contributed by atoms with Crippen molar-refractivity contribution >= 4 is 21.4 Å². The molecule has 0 aromatic heterocycles. The SMILES string of the molecule is Cc1ccc(N)c(NS(=O)(=O)CCCC(F)(F)F)c1C. The highest BCUT2D eigenvalue weighted by atomic mass is 32.2. The number of anilines is 2. The van der Waals surface area contributed by atoms with Gasteiger partial charge < -0.3 is 5.73 Å². The third kappa shape index (κ3) is 4.92. The first-order valence-electron chi connectivity index (χ1n) is 5.95. The number of nitrogens with one attached hydrogen (secondary N) is 1. The van der Waals surface area contributed by atoms with Gasteiger partial charge in [-0.15, -0.1) is 0 Å². The van der Waals surface area contributed by atoms with E-state index in [4.69, 9.17) is 5.73 Å². The second-order valence-corrected chi connectivity index (χ2v) is 6.45. The number of nitrogens with two attached hydrogens (primary N) is 1. The fourth-order valence-electron chi connectivity index (χ4n) is 1.64. The van der Waals surface area contributed by atoms with Crippen LogP contribution in [-0.2, 0) is 10.0 Å². The van der Waals surface area contributed by atoms with Crippen LogP contribution in [0.25, 0.3) is 0 Å². The Morgan fingerprint density at radius 3 is 2.40 bits per heavy atom. The molecule has 0 spiro atoms. The van der Waals surface area contributed by atoms with Crippen molar-refractivity contribution in [2.45, 2.75) is 32.9 Å². The van der Waals surface area contributed by atoms with Gasteiger partial charge in [-0.05, 0) is 37.5 Å². The lowest BCUT2D eigenvalue weighted by molar-refractivity contribution is -0.134. The van der Waals surface area contributed by atoms with E-state index in [1.807, 2.05) is 0 Å². The Balaban J connectivity index is 2.80. The highest BCUT2D eigenvalue weighted by Gasteiger charge is 2.27. The minimum Gasteiger partial charge on any atom is -0.397 e. The molecule has 0 fully saturated rings. The molecule has 1 aromatic carbocycles. The van der Waals surface area contributed by atoms with Crippen LogP contribution in [0.5, 0.6) is 0 Å². The number of benzene rings is 1. The number of alkyl halides is 3. The maximum absolute atomic E-state index is 12.0. The monoisotopic (exact) mass is 310 g/mol. The molecule has 3 N–H and O–H groups in total. The highest BCUT2D eigenvalue weighted by molar-refractivity contribution is 7.92. The van der Waals surface area contributed by atoms with Gasteiger partial charge in [-0.1, -0.05) is 6.07 Å². The fraction of sp³-hybridized carbons (Fsp3) is 0.500. The predicted molar refractivity (Wildman–Crippen MR) is 73.0 cm³/mol. The van der Waals surface area contributed by atoms with E-state index in [2.05, 4.69) is 4.72 Å². The van der Waals surface area contributed by atoms with Crippen LogP contribution in [0.3, 0.4) is 0 Å². The molecule has 0 bridgehead atoms. The maximum atomic E-state index is 12.0. The van der Waals surface area contributed by atoms with Gasteiger partial charge in [-0.25, -0.2) is 8.42 Å². The number of sulfonamides is 1. The minimum atomic E-state index is -4.35. The number of rotatable bonds is 5. The average Bonchev–Trinajstić information content (AvgIpc) is 2.28. The first-order valence-corrected chi connectivity index (χ1v) is 7.60. The van der Waals surface area contributed by atoms with Crippen molar-refractivity contribution in [3.63, 3.8) is 0 Å². The molecule has 0 saturated heterocycles. The van der Waals surface area contributed by atoms with Crippen molar-refractivity contribution in [1.29, 1.82) is 0 Å². The number of nitrogen functional groups attached to an aromatic ring is 1. The van der Waals surface area contributed by atoms with Gasteiger partial charge in [0.05, 0.1) is 17.1 Å². The molecule has 0 saturated carbocycles. The number of halogens is 3. The molecule has 20 heavy (non-hydrogen) atoms. The van der Waals surface area contributed by atoms with Crippen LogP contribution < -0.4 is 10.5 Å². The number of hydrogen-bond donors (Lipinski definition) is 2. The van der Waals surface area contributed by atoms with Crippen LogP contribution in [0, 0.1) is 13.8 Å². The van der Waals surface area contributed by atoms with E-state index in [1.54, 1.807) is 26.0 Å². The van der Waals surface area contributed by atoms with Gasteiger partial charge in [0.25, 0.3) is 0 Å². The van der Waals surface area contributed by atoms with Crippen molar-refractivity contribution < 1.29 is 21.6 Å². The van der Waals surface area contributed by atoms with Crippen molar-refractivity contribution in [3.05, 3.63) is 23.3 Å². The molecule has 0 aliphatic heterocycles. The summed E-state index contributed by atoms with van der Waals surface area (Å²) < 4.78 is 61.8. The molecule has 0 atom stereocenters. The second kappa shape index (κ2) is 5.90. The van der Waals surface area contributed by atoms with Crippen LogP contribution in [-0.4, -0.2) is 20.3 Å². The average molecular weight is 310 g/mol. The smallest absolute Gasteiger partial charge is 0.389 e. The second-order valence-electron chi connectivity index (χ2n) is 4.61. The Morgan fingerprint density at radius 1 is 1.25 bits per heavy atom. The summed E-state index contributed by atoms with van der Waals surface area (Å²) in [6.45, 7) is 3.48. The molecule has 0 unspecified atom stereocenters. The summed E-state index contributed by atoms with van der Waals surface area (Å²) >= 11 is 0. The summed E-state index contributed by atoms with van der Waals surface area (Å²) in [6.07, 6.45) is -5.96. The van der Waals surface area contributed by atoms with E-state index in [1.165, 1.54) is 0 Å². The standard InChI is InChI=1S/C12H17F3N2O2S/c1-8-4-5-10(16)11(9(8)2)17-20(18,19)7-3-6-12(13,14)15/h4-5,17H,3,6-7,16H2,1-2H3. The van der Waals surface area contributed by atoms with E-state index in [0.717, 1.165) is 5.56 Å². The quantitative estimate of drug-likeness (QED) is 0.821. The van der Waals surface area contributed by atoms with Gasteiger partial charge >= 0.3 is 6.18 Å². The van der Waals surface area contributed by atoms with Crippen LogP contribution in [0.2, 0.25) is 0 Å². The van der Waals surface area contributed by atoms with Gasteiger partial charge in [0.15, 0.2) is 0 Å². The molecule has 1 rings (SSSR count). The molecule has 0 amide bonds. The molecule has 0 aliphatic carbocycles. The fourth-order valence-corrected chi connectivity index (χ4v) is 2.85. The summed E-state index contributed by atoms with van der Waals surface area (Å²) in [4.78, 5) is 0.